The van der Waals surface area contributed by atoms with Gasteiger partial charge in [0.25, 0.3) is 5.91 Å². The number of amides is 1. The van der Waals surface area contributed by atoms with Gasteiger partial charge in [0.15, 0.2) is 0 Å². The number of nitrogens with zero attached hydrogens (tertiary/aromatic N) is 5. The molecule has 134 valence electrons. The molecule has 1 aliphatic rings. The summed E-state index contributed by atoms with van der Waals surface area (Å²) in [6, 6.07) is 5.77. The number of aliphatic imine (C=N–C) groups is 1. The highest BCUT2D eigenvalue weighted by molar-refractivity contribution is 5.92. The van der Waals surface area contributed by atoms with Crippen LogP contribution in [0.15, 0.2) is 23.3 Å². The molecule has 1 aromatic heterocycles. The van der Waals surface area contributed by atoms with Gasteiger partial charge in [-0.15, -0.1) is 0 Å². The van der Waals surface area contributed by atoms with Gasteiger partial charge in [0, 0.05) is 39.4 Å². The highest BCUT2D eigenvalue weighted by Gasteiger charge is 2.36. The van der Waals surface area contributed by atoms with Crippen LogP contribution >= 0.6 is 0 Å². The number of nitrogens with one attached hydrogen (secondary N) is 1. The van der Waals surface area contributed by atoms with Crippen LogP contribution in [0.5, 0.6) is 0 Å². The molecule has 0 saturated carbocycles. The zero-order chi connectivity index (χ0) is 18.4. The fraction of sp³-hybridized carbons (Fsp3) is 0.556. The van der Waals surface area contributed by atoms with E-state index in [1.807, 2.05) is 19.2 Å². The second kappa shape index (κ2) is 8.08. The van der Waals surface area contributed by atoms with E-state index >= 15 is 0 Å². The van der Waals surface area contributed by atoms with E-state index in [0.29, 0.717) is 12.2 Å². The Labute approximate surface area is 149 Å². The number of anilines is 1. The van der Waals surface area contributed by atoms with Crippen molar-refractivity contribution in [2.24, 2.45) is 4.99 Å². The number of pyridine rings is 1. The van der Waals surface area contributed by atoms with Crippen LogP contribution in [0.2, 0.25) is 0 Å². The van der Waals surface area contributed by atoms with Crippen molar-refractivity contribution in [2.75, 3.05) is 38.1 Å². The average molecular weight is 342 g/mol. The topological polar surface area (TPSA) is 84.6 Å². The molecule has 1 saturated heterocycles. The van der Waals surface area contributed by atoms with Gasteiger partial charge in [-0.3, -0.25) is 14.7 Å². The lowest BCUT2D eigenvalue weighted by molar-refractivity contribution is 0.0958. The van der Waals surface area contributed by atoms with Crippen molar-refractivity contribution >= 4 is 17.8 Å². The van der Waals surface area contributed by atoms with Crippen molar-refractivity contribution in [3.05, 3.63) is 24.0 Å². The maximum Gasteiger partial charge on any atom is 0.269 e. The summed E-state index contributed by atoms with van der Waals surface area (Å²) in [6.07, 6.45) is 3.63. The standard InChI is InChI=1S/C18H26N6O/c1-5-21-13-18(2,3)24-9-8-23(12-15(24)10-19)14-6-7-16(22-11-14)17(25)20-4/h6-7,11,13,15H,5,8-9,12H2,1-4H3,(H,20,25). The molecule has 1 amide bonds. The molecule has 1 unspecified atom stereocenters. The predicted molar refractivity (Wildman–Crippen MR) is 99.1 cm³/mol. The molecule has 2 heterocycles. The van der Waals surface area contributed by atoms with Gasteiger partial charge in [0.05, 0.1) is 23.5 Å². The van der Waals surface area contributed by atoms with E-state index in [-0.39, 0.29) is 17.5 Å². The van der Waals surface area contributed by atoms with E-state index in [9.17, 15) is 10.1 Å². The Morgan fingerprint density at radius 3 is 2.84 bits per heavy atom. The van der Waals surface area contributed by atoms with Gasteiger partial charge in [0.1, 0.15) is 11.7 Å². The van der Waals surface area contributed by atoms with Gasteiger partial charge in [-0.25, -0.2) is 4.98 Å². The quantitative estimate of drug-likeness (QED) is 0.816. The van der Waals surface area contributed by atoms with Crippen LogP contribution in [0, 0.1) is 11.3 Å². The molecule has 2 rings (SSSR count). The Bertz CT molecular complexity index is 661. The van der Waals surface area contributed by atoms with Crippen LogP contribution in [0.1, 0.15) is 31.3 Å². The highest BCUT2D eigenvalue weighted by atomic mass is 16.1. The third kappa shape index (κ3) is 4.34. The lowest BCUT2D eigenvalue weighted by atomic mass is 9.99. The molecule has 0 aromatic carbocycles. The SMILES string of the molecule is CCN=CC(C)(C)N1CCN(c2ccc(C(=O)NC)nc2)CC1C#N. The summed E-state index contributed by atoms with van der Waals surface area (Å²) < 4.78 is 0. The first-order chi connectivity index (χ1) is 11.9. The maximum absolute atomic E-state index is 11.6. The summed E-state index contributed by atoms with van der Waals surface area (Å²) >= 11 is 0. The summed E-state index contributed by atoms with van der Waals surface area (Å²) in [7, 11) is 1.58. The van der Waals surface area contributed by atoms with Crippen molar-refractivity contribution in [2.45, 2.75) is 32.4 Å². The molecule has 7 nitrogen and oxygen atoms in total. The molecular formula is C18H26N6O. The minimum absolute atomic E-state index is 0.205. The number of hydrogen-bond acceptors (Lipinski definition) is 6. The van der Waals surface area contributed by atoms with Crippen molar-refractivity contribution < 1.29 is 4.79 Å². The second-order valence-corrected chi connectivity index (χ2v) is 6.55. The van der Waals surface area contributed by atoms with E-state index in [4.69, 9.17) is 0 Å². The Morgan fingerprint density at radius 1 is 1.52 bits per heavy atom. The molecule has 0 radical (unpaired) electrons. The fourth-order valence-corrected chi connectivity index (χ4v) is 3.04. The number of hydrogen-bond donors (Lipinski definition) is 1. The third-order valence-electron chi connectivity index (χ3n) is 4.43. The molecule has 1 fully saturated rings. The minimum atomic E-state index is -0.260. The zero-order valence-corrected chi connectivity index (χ0v) is 15.4. The molecule has 7 heteroatoms. The molecule has 1 aromatic rings. The van der Waals surface area contributed by atoms with E-state index in [2.05, 4.69) is 45.0 Å². The maximum atomic E-state index is 11.6. The van der Waals surface area contributed by atoms with E-state index in [1.54, 1.807) is 19.3 Å². The molecule has 25 heavy (non-hydrogen) atoms. The van der Waals surface area contributed by atoms with Crippen LogP contribution in [-0.4, -0.2) is 66.8 Å². The van der Waals surface area contributed by atoms with Gasteiger partial charge in [-0.1, -0.05) is 0 Å². The van der Waals surface area contributed by atoms with Crippen molar-refractivity contribution in [3.63, 3.8) is 0 Å². The number of carbonyl (C=O) groups excluding carboxylic acids is 1. The van der Waals surface area contributed by atoms with Crippen molar-refractivity contribution in [3.8, 4) is 6.07 Å². The lowest BCUT2D eigenvalue weighted by Gasteiger charge is -2.45. The van der Waals surface area contributed by atoms with Gasteiger partial charge in [-0.05, 0) is 32.9 Å². The van der Waals surface area contributed by atoms with Gasteiger partial charge in [-0.2, -0.15) is 5.26 Å². The number of carbonyl (C=O) groups is 1. The smallest absolute Gasteiger partial charge is 0.269 e. The van der Waals surface area contributed by atoms with Crippen LogP contribution in [-0.2, 0) is 0 Å². The van der Waals surface area contributed by atoms with E-state index in [1.165, 1.54) is 0 Å². The first kappa shape index (κ1) is 18.9. The minimum Gasteiger partial charge on any atom is -0.366 e. The number of piperazine rings is 1. The van der Waals surface area contributed by atoms with E-state index < -0.39 is 0 Å². The molecule has 0 bridgehead atoms. The fourth-order valence-electron chi connectivity index (χ4n) is 3.04. The predicted octanol–water partition coefficient (Wildman–Crippen LogP) is 1.32. The van der Waals surface area contributed by atoms with Gasteiger partial charge < -0.3 is 10.2 Å². The largest absolute Gasteiger partial charge is 0.366 e. The monoisotopic (exact) mass is 342 g/mol. The zero-order valence-electron chi connectivity index (χ0n) is 15.4. The number of rotatable bonds is 5. The normalized spacial score (nSPS) is 19.0. The number of nitriles is 1. The molecule has 0 aliphatic carbocycles. The summed E-state index contributed by atoms with van der Waals surface area (Å²) in [4.78, 5) is 24.5. The van der Waals surface area contributed by atoms with Crippen LogP contribution in [0.25, 0.3) is 0 Å². The molecule has 0 spiro atoms. The third-order valence-corrected chi connectivity index (χ3v) is 4.43. The Morgan fingerprint density at radius 2 is 2.28 bits per heavy atom. The van der Waals surface area contributed by atoms with Crippen LogP contribution in [0.3, 0.4) is 0 Å². The molecular weight excluding hydrogens is 316 g/mol. The van der Waals surface area contributed by atoms with Crippen LogP contribution < -0.4 is 10.2 Å². The summed E-state index contributed by atoms with van der Waals surface area (Å²) in [5.74, 6) is -0.205. The highest BCUT2D eigenvalue weighted by Crippen LogP contribution is 2.24. The van der Waals surface area contributed by atoms with Crippen molar-refractivity contribution in [1.29, 1.82) is 5.26 Å². The molecule has 1 aliphatic heterocycles. The van der Waals surface area contributed by atoms with E-state index in [0.717, 1.165) is 25.3 Å². The second-order valence-electron chi connectivity index (χ2n) is 6.55. The first-order valence-electron chi connectivity index (χ1n) is 8.53. The Balaban J connectivity index is 2.12. The summed E-state index contributed by atoms with van der Waals surface area (Å²) in [5.41, 5.74) is 1.05. The van der Waals surface area contributed by atoms with Gasteiger partial charge >= 0.3 is 0 Å². The van der Waals surface area contributed by atoms with Crippen molar-refractivity contribution in [1.82, 2.24) is 15.2 Å². The van der Waals surface area contributed by atoms with Gasteiger partial charge in [0.2, 0.25) is 0 Å². The Hall–Kier alpha value is -2.46. The average Bonchev–Trinajstić information content (AvgIpc) is 2.65. The lowest BCUT2D eigenvalue weighted by Crippen LogP contribution is -2.60. The van der Waals surface area contributed by atoms with Crippen LogP contribution in [0.4, 0.5) is 5.69 Å². The summed E-state index contributed by atoms with van der Waals surface area (Å²) in [6.45, 7) is 9.07. The molecule has 1 atom stereocenters. The Kier molecular flexibility index (Phi) is 6.10. The molecule has 1 N–H and O–H groups in total. The number of aromatic nitrogens is 1. The summed E-state index contributed by atoms with van der Waals surface area (Å²) in [5, 5.41) is 12.2. The first-order valence-corrected chi connectivity index (χ1v) is 8.53.